The fourth-order valence-electron chi connectivity index (χ4n) is 2.35. The van der Waals surface area contributed by atoms with Crippen LogP contribution in [-0.2, 0) is 17.9 Å². The third kappa shape index (κ3) is 4.87. The zero-order chi connectivity index (χ0) is 17.5. The third-order valence-corrected chi connectivity index (χ3v) is 4.05. The zero-order valence-corrected chi connectivity index (χ0v) is 14.4. The maximum atomic E-state index is 11.9. The van der Waals surface area contributed by atoms with Gasteiger partial charge in [0.05, 0.1) is 6.54 Å². The summed E-state index contributed by atoms with van der Waals surface area (Å²) in [5.74, 6) is 0.562. The second-order valence-electron chi connectivity index (χ2n) is 5.55. The molecular formula is C18H18ClN5O. The van der Waals surface area contributed by atoms with Gasteiger partial charge >= 0.3 is 0 Å². The Morgan fingerprint density at radius 3 is 2.64 bits per heavy atom. The highest BCUT2D eigenvalue weighted by molar-refractivity contribution is 6.31. The SMILES string of the molecule is O=C(CCCn1nnc(-c2ccccc2)n1)NCc1ccccc1Cl. The van der Waals surface area contributed by atoms with E-state index in [1.807, 2.05) is 54.6 Å². The number of rotatable bonds is 7. The summed E-state index contributed by atoms with van der Waals surface area (Å²) < 4.78 is 0. The lowest BCUT2D eigenvalue weighted by Crippen LogP contribution is -2.23. The van der Waals surface area contributed by atoms with Gasteiger partial charge in [-0.3, -0.25) is 4.79 Å². The topological polar surface area (TPSA) is 72.7 Å². The number of benzene rings is 2. The van der Waals surface area contributed by atoms with Crippen LogP contribution in [0.25, 0.3) is 11.4 Å². The second kappa shape index (κ2) is 8.39. The molecule has 1 heterocycles. The van der Waals surface area contributed by atoms with Gasteiger partial charge in [0.15, 0.2) is 0 Å². The molecule has 6 nitrogen and oxygen atoms in total. The molecule has 0 bridgehead atoms. The Bertz CT molecular complexity index is 834. The monoisotopic (exact) mass is 355 g/mol. The molecule has 0 radical (unpaired) electrons. The predicted octanol–water partition coefficient (Wildman–Crippen LogP) is 3.09. The fourth-order valence-corrected chi connectivity index (χ4v) is 2.55. The van der Waals surface area contributed by atoms with Gasteiger partial charge in [0.25, 0.3) is 0 Å². The average molecular weight is 356 g/mol. The van der Waals surface area contributed by atoms with E-state index < -0.39 is 0 Å². The summed E-state index contributed by atoms with van der Waals surface area (Å²) in [7, 11) is 0. The van der Waals surface area contributed by atoms with E-state index in [0.29, 0.717) is 36.8 Å². The number of nitrogens with zero attached hydrogens (tertiary/aromatic N) is 4. The van der Waals surface area contributed by atoms with E-state index in [0.717, 1.165) is 11.1 Å². The summed E-state index contributed by atoms with van der Waals surface area (Å²) in [6.45, 7) is 0.970. The predicted molar refractivity (Wildman–Crippen MR) is 95.8 cm³/mol. The highest BCUT2D eigenvalue weighted by atomic mass is 35.5. The van der Waals surface area contributed by atoms with Gasteiger partial charge in [-0.15, -0.1) is 10.2 Å². The zero-order valence-electron chi connectivity index (χ0n) is 13.6. The van der Waals surface area contributed by atoms with E-state index in [-0.39, 0.29) is 5.91 Å². The number of aryl methyl sites for hydroxylation is 1. The van der Waals surface area contributed by atoms with Crippen LogP contribution in [0.15, 0.2) is 54.6 Å². The number of tetrazole rings is 1. The van der Waals surface area contributed by atoms with Gasteiger partial charge in [-0.25, -0.2) is 0 Å². The quantitative estimate of drug-likeness (QED) is 0.706. The molecule has 2 aromatic carbocycles. The van der Waals surface area contributed by atoms with Gasteiger partial charge in [-0.2, -0.15) is 4.80 Å². The van der Waals surface area contributed by atoms with Gasteiger partial charge in [0.2, 0.25) is 11.7 Å². The Balaban J connectivity index is 1.43. The van der Waals surface area contributed by atoms with Crippen molar-refractivity contribution in [3.05, 3.63) is 65.2 Å². The van der Waals surface area contributed by atoms with Crippen LogP contribution in [0.2, 0.25) is 5.02 Å². The summed E-state index contributed by atoms with van der Waals surface area (Å²) in [5.41, 5.74) is 1.83. The standard InChI is InChI=1S/C18H18ClN5O/c19-16-10-5-4-9-15(16)13-20-17(25)11-6-12-24-22-18(21-23-24)14-7-2-1-3-8-14/h1-5,7-10H,6,11-13H2,(H,20,25). The van der Waals surface area contributed by atoms with E-state index >= 15 is 0 Å². The van der Waals surface area contributed by atoms with Crippen LogP contribution in [0.4, 0.5) is 0 Å². The Morgan fingerprint density at radius 1 is 1.08 bits per heavy atom. The van der Waals surface area contributed by atoms with Crippen molar-refractivity contribution in [3.8, 4) is 11.4 Å². The lowest BCUT2D eigenvalue weighted by molar-refractivity contribution is -0.121. The molecule has 0 unspecified atom stereocenters. The molecule has 3 rings (SSSR count). The summed E-state index contributed by atoms with van der Waals surface area (Å²) >= 11 is 6.07. The average Bonchev–Trinajstić information content (AvgIpc) is 3.11. The smallest absolute Gasteiger partial charge is 0.220 e. The van der Waals surface area contributed by atoms with Gasteiger partial charge < -0.3 is 5.32 Å². The lowest BCUT2D eigenvalue weighted by atomic mass is 10.2. The maximum Gasteiger partial charge on any atom is 0.220 e. The molecule has 0 saturated carbocycles. The molecular weight excluding hydrogens is 338 g/mol. The minimum absolute atomic E-state index is 0.0247. The minimum Gasteiger partial charge on any atom is -0.352 e. The van der Waals surface area contributed by atoms with Gasteiger partial charge in [0.1, 0.15) is 0 Å². The van der Waals surface area contributed by atoms with Gasteiger partial charge in [-0.05, 0) is 23.3 Å². The molecule has 0 spiro atoms. The second-order valence-corrected chi connectivity index (χ2v) is 5.95. The van der Waals surface area contributed by atoms with E-state index in [4.69, 9.17) is 11.6 Å². The highest BCUT2D eigenvalue weighted by Gasteiger charge is 2.07. The van der Waals surface area contributed by atoms with Crippen LogP contribution < -0.4 is 5.32 Å². The molecule has 7 heteroatoms. The summed E-state index contributed by atoms with van der Waals surface area (Å²) in [4.78, 5) is 13.4. The normalized spacial score (nSPS) is 10.6. The Kier molecular flexibility index (Phi) is 5.74. The van der Waals surface area contributed by atoms with Crippen molar-refractivity contribution in [1.29, 1.82) is 0 Å². The van der Waals surface area contributed by atoms with Crippen LogP contribution in [0.3, 0.4) is 0 Å². The molecule has 1 aromatic heterocycles. The fraction of sp³-hybridized carbons (Fsp3) is 0.222. The first-order valence-corrected chi connectivity index (χ1v) is 8.43. The molecule has 0 aliphatic rings. The van der Waals surface area contributed by atoms with Crippen molar-refractivity contribution < 1.29 is 4.79 Å². The number of halogens is 1. The number of hydrogen-bond donors (Lipinski definition) is 1. The number of aromatic nitrogens is 4. The van der Waals surface area contributed by atoms with Crippen molar-refractivity contribution >= 4 is 17.5 Å². The Labute approximate surface area is 150 Å². The van der Waals surface area contributed by atoms with Crippen molar-refractivity contribution in [1.82, 2.24) is 25.5 Å². The summed E-state index contributed by atoms with van der Waals surface area (Å²) in [5, 5.41) is 15.9. The highest BCUT2D eigenvalue weighted by Crippen LogP contribution is 2.14. The van der Waals surface area contributed by atoms with Crippen LogP contribution in [0.5, 0.6) is 0 Å². The lowest BCUT2D eigenvalue weighted by Gasteiger charge is -2.06. The third-order valence-electron chi connectivity index (χ3n) is 3.68. The van der Waals surface area contributed by atoms with Crippen molar-refractivity contribution in [2.45, 2.75) is 25.9 Å². The van der Waals surface area contributed by atoms with E-state index in [1.165, 1.54) is 4.80 Å². The molecule has 0 aliphatic heterocycles. The van der Waals surface area contributed by atoms with Crippen LogP contribution >= 0.6 is 11.6 Å². The molecule has 1 amide bonds. The van der Waals surface area contributed by atoms with Crippen molar-refractivity contribution in [3.63, 3.8) is 0 Å². The summed E-state index contributed by atoms with van der Waals surface area (Å²) in [6, 6.07) is 17.1. The molecule has 0 fully saturated rings. The molecule has 3 aromatic rings. The van der Waals surface area contributed by atoms with E-state index in [9.17, 15) is 4.79 Å². The summed E-state index contributed by atoms with van der Waals surface area (Å²) in [6.07, 6.45) is 1.03. The number of carbonyl (C=O) groups excluding carboxylic acids is 1. The minimum atomic E-state index is -0.0247. The van der Waals surface area contributed by atoms with Crippen molar-refractivity contribution in [2.24, 2.45) is 0 Å². The number of amides is 1. The van der Waals surface area contributed by atoms with Crippen LogP contribution in [-0.4, -0.2) is 26.1 Å². The van der Waals surface area contributed by atoms with Gasteiger partial charge in [0, 0.05) is 23.6 Å². The Hall–Kier alpha value is -2.73. The van der Waals surface area contributed by atoms with Crippen LogP contribution in [0, 0.1) is 0 Å². The van der Waals surface area contributed by atoms with Gasteiger partial charge in [-0.1, -0.05) is 60.1 Å². The first kappa shape index (κ1) is 17.1. The molecule has 0 atom stereocenters. The first-order valence-electron chi connectivity index (χ1n) is 8.06. The molecule has 25 heavy (non-hydrogen) atoms. The number of nitrogens with one attached hydrogen (secondary N) is 1. The van der Waals surface area contributed by atoms with Crippen LogP contribution in [0.1, 0.15) is 18.4 Å². The number of carbonyl (C=O) groups is 1. The van der Waals surface area contributed by atoms with Crippen molar-refractivity contribution in [2.75, 3.05) is 0 Å². The number of hydrogen-bond acceptors (Lipinski definition) is 4. The maximum absolute atomic E-state index is 11.9. The first-order chi connectivity index (χ1) is 12.2. The molecule has 0 aliphatic carbocycles. The Morgan fingerprint density at radius 2 is 1.84 bits per heavy atom. The molecule has 128 valence electrons. The largest absolute Gasteiger partial charge is 0.352 e. The van der Waals surface area contributed by atoms with E-state index in [2.05, 4.69) is 20.7 Å². The molecule has 1 N–H and O–H groups in total. The molecule has 0 saturated heterocycles. The van der Waals surface area contributed by atoms with E-state index in [1.54, 1.807) is 0 Å².